The number of methoxy groups -OCH3 is 1. The predicted molar refractivity (Wildman–Crippen MR) is 242 cm³/mol. The molecule has 0 saturated carbocycles. The van der Waals surface area contributed by atoms with Crippen LogP contribution in [0.15, 0.2) is 48.7 Å². The molecule has 0 aliphatic carbocycles. The Morgan fingerprint density at radius 3 is 2.23 bits per heavy atom. The molecule has 2 aliphatic rings. The zero-order chi connectivity index (χ0) is 49.5. The van der Waals surface area contributed by atoms with Gasteiger partial charge in [-0.1, -0.05) is 6.07 Å². The van der Waals surface area contributed by atoms with E-state index in [1.165, 1.54) is 25.3 Å². The fourth-order valence-corrected chi connectivity index (χ4v) is 7.12. The van der Waals surface area contributed by atoms with Gasteiger partial charge in [0, 0.05) is 44.2 Å². The first-order valence-electron chi connectivity index (χ1n) is 21.7. The first kappa shape index (κ1) is 50.5. The van der Waals surface area contributed by atoms with Gasteiger partial charge in [0.25, 0.3) is 23.6 Å². The van der Waals surface area contributed by atoms with Crippen LogP contribution in [0.4, 0.5) is 17.5 Å². The summed E-state index contributed by atoms with van der Waals surface area (Å²) >= 11 is 0. The van der Waals surface area contributed by atoms with Gasteiger partial charge in [-0.2, -0.15) is 9.97 Å². The highest BCUT2D eigenvalue weighted by molar-refractivity contribution is 6.24. The van der Waals surface area contributed by atoms with E-state index in [4.69, 9.17) is 35.2 Å². The van der Waals surface area contributed by atoms with Crippen LogP contribution >= 0.6 is 0 Å². The largest absolute Gasteiger partial charge is 0.483 e. The SMILES string of the molecule is COC(=O)[C@@H](CCC(=O)NCCOCCOCCOCCNC(=O)COc1cccc2c1C(=O)N(C1CCC(=O)NC1=O)C2=O)NC(=O)c1ccc(N(C)Cc2cnc3nc(N)nc(N)c3n2)cc1. The number of ether oxygens (including phenoxy) is 5. The van der Waals surface area contributed by atoms with Crippen LogP contribution in [0.2, 0.25) is 0 Å². The Morgan fingerprint density at radius 1 is 0.870 bits per heavy atom. The van der Waals surface area contributed by atoms with Crippen LogP contribution in [0, 0.1) is 0 Å². The Labute approximate surface area is 394 Å². The lowest BCUT2D eigenvalue weighted by Gasteiger charge is -2.27. The molecule has 0 bridgehead atoms. The Kier molecular flexibility index (Phi) is 17.7. The number of carbonyl (C=O) groups excluding carboxylic acids is 8. The maximum atomic E-state index is 13.2. The van der Waals surface area contributed by atoms with Crippen molar-refractivity contribution in [2.45, 2.75) is 44.3 Å². The molecule has 1 unspecified atom stereocenters. The molecule has 25 heteroatoms. The van der Waals surface area contributed by atoms with Gasteiger partial charge in [-0.05, 0) is 49.2 Å². The van der Waals surface area contributed by atoms with Crippen molar-refractivity contribution in [2.75, 3.05) is 89.9 Å². The lowest BCUT2D eigenvalue weighted by atomic mass is 10.0. The number of esters is 1. The molecule has 2 aliphatic heterocycles. The van der Waals surface area contributed by atoms with Crippen LogP contribution in [-0.2, 0) is 49.5 Å². The van der Waals surface area contributed by atoms with Crippen molar-refractivity contribution in [2.24, 2.45) is 0 Å². The van der Waals surface area contributed by atoms with Crippen molar-refractivity contribution < 1.29 is 62.0 Å². The molecule has 8 N–H and O–H groups in total. The van der Waals surface area contributed by atoms with Crippen molar-refractivity contribution in [3.8, 4) is 5.75 Å². The van der Waals surface area contributed by atoms with Crippen LogP contribution in [0.25, 0.3) is 11.2 Å². The minimum atomic E-state index is -1.13. The molecule has 4 heterocycles. The van der Waals surface area contributed by atoms with E-state index in [0.717, 1.165) is 10.6 Å². The monoisotopic (exact) mass is 956 g/mol. The molecule has 0 spiro atoms. The zero-order valence-corrected chi connectivity index (χ0v) is 37.8. The number of hydrogen-bond acceptors (Lipinski definition) is 20. The van der Waals surface area contributed by atoms with Gasteiger partial charge in [0.2, 0.25) is 23.7 Å². The summed E-state index contributed by atoms with van der Waals surface area (Å²) in [6.07, 6.45) is 1.49. The number of nitrogens with one attached hydrogen (secondary N) is 4. The summed E-state index contributed by atoms with van der Waals surface area (Å²) in [5.74, 6) is -4.58. The normalized spacial score (nSPS) is 14.8. The van der Waals surface area contributed by atoms with Crippen molar-refractivity contribution in [3.63, 3.8) is 0 Å². The molecule has 1 fully saturated rings. The van der Waals surface area contributed by atoms with E-state index in [9.17, 15) is 38.4 Å². The summed E-state index contributed by atoms with van der Waals surface area (Å²) in [6, 6.07) is 8.84. The second-order valence-electron chi connectivity index (χ2n) is 15.4. The van der Waals surface area contributed by atoms with Crippen molar-refractivity contribution in [1.82, 2.24) is 46.1 Å². The van der Waals surface area contributed by atoms with Gasteiger partial charge >= 0.3 is 5.97 Å². The smallest absolute Gasteiger partial charge is 0.328 e. The number of anilines is 3. The standard InChI is InChI=1S/C44H52N12O13/c1-55(23-26-22-49-38-36(50-26)37(45)53-44(46)54-38)27-8-6-25(7-9-27)39(60)51-29(43(64)65-2)10-12-32(57)47-14-16-66-18-20-68-21-19-67-17-15-48-34(59)24-69-31-5-3-4-28-35(31)42(63)56(41(28)62)30-11-13-33(58)52-40(30)61/h3-9,22,29-30H,10-21,23-24H2,1-2H3,(H,47,57)(H,48,59)(H,51,60)(H,52,58,61)(H4,45,46,49,53,54)/t29-,30?/m1/s1. The number of fused-ring (bicyclic) bond motifs is 2. The number of amides is 7. The van der Waals surface area contributed by atoms with Crippen LogP contribution in [0.3, 0.4) is 0 Å². The number of nitrogen functional groups attached to an aromatic ring is 2. The first-order chi connectivity index (χ1) is 33.2. The molecule has 2 aromatic carbocycles. The molecule has 69 heavy (non-hydrogen) atoms. The maximum Gasteiger partial charge on any atom is 0.328 e. The highest BCUT2D eigenvalue weighted by atomic mass is 16.5. The number of carbonyl (C=O) groups is 8. The molecule has 1 saturated heterocycles. The van der Waals surface area contributed by atoms with Gasteiger partial charge in [0.15, 0.2) is 23.6 Å². The van der Waals surface area contributed by atoms with Crippen LogP contribution in [0.5, 0.6) is 5.75 Å². The summed E-state index contributed by atoms with van der Waals surface area (Å²) in [6.45, 7) is 1.65. The van der Waals surface area contributed by atoms with E-state index in [1.807, 2.05) is 11.9 Å². The van der Waals surface area contributed by atoms with E-state index in [-0.39, 0.29) is 124 Å². The van der Waals surface area contributed by atoms with Gasteiger partial charge in [-0.3, -0.25) is 43.8 Å². The fourth-order valence-electron chi connectivity index (χ4n) is 7.12. The van der Waals surface area contributed by atoms with Crippen LogP contribution in [-0.4, -0.2) is 158 Å². The van der Waals surface area contributed by atoms with E-state index < -0.39 is 60.1 Å². The number of benzene rings is 2. The Hall–Kier alpha value is -7.90. The van der Waals surface area contributed by atoms with Crippen LogP contribution < -0.4 is 42.4 Å². The van der Waals surface area contributed by atoms with Gasteiger partial charge in [-0.15, -0.1) is 0 Å². The first-order valence-corrected chi connectivity index (χ1v) is 21.7. The molecular weight excluding hydrogens is 905 g/mol. The molecule has 2 aromatic heterocycles. The van der Waals surface area contributed by atoms with Crippen molar-refractivity contribution in [1.29, 1.82) is 0 Å². The van der Waals surface area contributed by atoms with E-state index in [0.29, 0.717) is 17.8 Å². The third-order valence-corrected chi connectivity index (χ3v) is 10.6. The highest BCUT2D eigenvalue weighted by Gasteiger charge is 2.46. The number of aromatic nitrogens is 4. The Balaban J connectivity index is 0.781. The van der Waals surface area contributed by atoms with E-state index in [2.05, 4.69) is 41.2 Å². The zero-order valence-electron chi connectivity index (χ0n) is 37.8. The Morgan fingerprint density at radius 2 is 1.55 bits per heavy atom. The van der Waals surface area contributed by atoms with E-state index >= 15 is 0 Å². The number of piperidine rings is 1. The van der Waals surface area contributed by atoms with Gasteiger partial charge in [0.1, 0.15) is 17.8 Å². The number of imide groups is 2. The number of rotatable bonds is 25. The summed E-state index contributed by atoms with van der Waals surface area (Å²) in [7, 11) is 3.03. The summed E-state index contributed by atoms with van der Waals surface area (Å²) < 4.78 is 26.8. The molecule has 7 amide bonds. The fraction of sp³-hybridized carbons (Fsp3) is 0.409. The summed E-state index contributed by atoms with van der Waals surface area (Å²) in [4.78, 5) is 120. The molecule has 25 nitrogen and oxygen atoms in total. The van der Waals surface area contributed by atoms with Gasteiger partial charge in [-0.25, -0.2) is 14.8 Å². The lowest BCUT2D eigenvalue weighted by Crippen LogP contribution is -2.54. The van der Waals surface area contributed by atoms with Gasteiger partial charge < -0.3 is 56.0 Å². The molecule has 366 valence electrons. The maximum absolute atomic E-state index is 13.2. The van der Waals surface area contributed by atoms with Crippen LogP contribution in [0.1, 0.15) is 62.5 Å². The average molecular weight is 957 g/mol. The molecule has 0 radical (unpaired) electrons. The second kappa shape index (κ2) is 24.2. The lowest BCUT2D eigenvalue weighted by molar-refractivity contribution is -0.143. The third kappa shape index (κ3) is 13.6. The molecule has 6 rings (SSSR count). The third-order valence-electron chi connectivity index (χ3n) is 10.6. The Bertz CT molecular complexity index is 2560. The second-order valence-corrected chi connectivity index (χ2v) is 15.4. The molecular formula is C44H52N12O13. The number of hydrogen-bond donors (Lipinski definition) is 6. The minimum absolute atomic E-state index is 0.00278. The number of nitrogens with zero attached hydrogens (tertiary/aromatic N) is 6. The van der Waals surface area contributed by atoms with E-state index in [1.54, 1.807) is 30.5 Å². The quantitative estimate of drug-likeness (QED) is 0.0264. The molecule has 4 aromatic rings. The van der Waals surface area contributed by atoms with Gasteiger partial charge in [0.05, 0.1) is 76.3 Å². The number of nitrogens with two attached hydrogens (primary N) is 2. The topological polar surface area (TPSA) is 341 Å². The highest BCUT2D eigenvalue weighted by Crippen LogP contribution is 2.33. The van der Waals surface area contributed by atoms with Crippen molar-refractivity contribution in [3.05, 3.63) is 71.0 Å². The molecule has 2 atom stereocenters. The van der Waals surface area contributed by atoms with Crippen molar-refractivity contribution >= 4 is 75.9 Å². The summed E-state index contributed by atoms with van der Waals surface area (Å²) in [5.41, 5.74) is 13.8. The average Bonchev–Trinajstić information content (AvgIpc) is 3.59. The predicted octanol–water partition coefficient (Wildman–Crippen LogP) is -0.965. The minimum Gasteiger partial charge on any atom is -0.483 e. The summed E-state index contributed by atoms with van der Waals surface area (Å²) in [5, 5.41) is 10.1.